The van der Waals surface area contributed by atoms with E-state index in [0.29, 0.717) is 43.5 Å². The van der Waals surface area contributed by atoms with Crippen LogP contribution in [0, 0.1) is 0 Å². The minimum atomic E-state index is -0.422. The Labute approximate surface area is 172 Å². The van der Waals surface area contributed by atoms with E-state index in [2.05, 4.69) is 5.32 Å². The summed E-state index contributed by atoms with van der Waals surface area (Å²) in [5, 5.41) is 4.97. The second kappa shape index (κ2) is 8.16. The molecule has 3 heterocycles. The third kappa shape index (κ3) is 4.07. The molecule has 1 saturated heterocycles. The SMILES string of the molecule is O=C(Cc1cccs1)NC1CCN(C(=O)CN2C(=O)c3ccccc3C2=O)CC1. The van der Waals surface area contributed by atoms with Gasteiger partial charge in [0.05, 0.1) is 17.5 Å². The maximum Gasteiger partial charge on any atom is 0.262 e. The number of carbonyl (C=O) groups excluding carboxylic acids is 4. The average Bonchev–Trinajstić information content (AvgIpc) is 3.31. The molecule has 0 atom stereocenters. The van der Waals surface area contributed by atoms with Crippen LogP contribution in [-0.2, 0) is 16.0 Å². The van der Waals surface area contributed by atoms with Gasteiger partial charge in [-0.1, -0.05) is 18.2 Å². The lowest BCUT2D eigenvalue weighted by molar-refractivity contribution is -0.132. The molecular weight excluding hydrogens is 390 g/mol. The second-order valence-electron chi connectivity index (χ2n) is 7.22. The van der Waals surface area contributed by atoms with Crippen molar-refractivity contribution in [1.29, 1.82) is 0 Å². The number of nitrogens with one attached hydrogen (secondary N) is 1. The Morgan fingerprint density at radius 3 is 2.24 bits per heavy atom. The normalized spacial score (nSPS) is 16.8. The summed E-state index contributed by atoms with van der Waals surface area (Å²) in [4.78, 5) is 53.3. The average molecular weight is 411 g/mol. The van der Waals surface area contributed by atoms with Crippen LogP contribution in [-0.4, -0.2) is 59.1 Å². The van der Waals surface area contributed by atoms with E-state index < -0.39 is 11.8 Å². The number of amides is 4. The topological polar surface area (TPSA) is 86.8 Å². The summed E-state index contributed by atoms with van der Waals surface area (Å²) in [5.74, 6) is -1.10. The number of hydrogen-bond acceptors (Lipinski definition) is 5. The largest absolute Gasteiger partial charge is 0.353 e. The van der Waals surface area contributed by atoms with Gasteiger partial charge in [-0.15, -0.1) is 11.3 Å². The minimum Gasteiger partial charge on any atom is -0.353 e. The maximum absolute atomic E-state index is 12.6. The molecule has 4 rings (SSSR count). The lowest BCUT2D eigenvalue weighted by Crippen LogP contribution is -2.49. The van der Waals surface area contributed by atoms with Crippen LogP contribution in [0.2, 0.25) is 0 Å². The van der Waals surface area contributed by atoms with Gasteiger partial charge in [0, 0.05) is 24.0 Å². The number of benzene rings is 1. The zero-order valence-electron chi connectivity index (χ0n) is 15.8. The van der Waals surface area contributed by atoms with Gasteiger partial charge >= 0.3 is 0 Å². The van der Waals surface area contributed by atoms with E-state index in [0.717, 1.165) is 9.78 Å². The van der Waals surface area contributed by atoms with Gasteiger partial charge in [0.15, 0.2) is 0 Å². The molecule has 2 aliphatic heterocycles. The number of imide groups is 1. The van der Waals surface area contributed by atoms with Crippen LogP contribution in [0.4, 0.5) is 0 Å². The van der Waals surface area contributed by atoms with Gasteiger partial charge in [-0.2, -0.15) is 0 Å². The van der Waals surface area contributed by atoms with E-state index >= 15 is 0 Å². The van der Waals surface area contributed by atoms with Crippen molar-refractivity contribution in [3.8, 4) is 0 Å². The van der Waals surface area contributed by atoms with E-state index in [4.69, 9.17) is 0 Å². The van der Waals surface area contributed by atoms with Crippen molar-refractivity contribution in [1.82, 2.24) is 15.1 Å². The smallest absolute Gasteiger partial charge is 0.262 e. The summed E-state index contributed by atoms with van der Waals surface area (Å²) in [6, 6.07) is 10.5. The standard InChI is InChI=1S/C21H21N3O4S/c25-18(12-15-4-3-11-29-15)22-14-7-9-23(10-8-14)19(26)13-24-20(27)16-5-1-2-6-17(16)21(24)28/h1-6,11,14H,7-10,12-13H2,(H,22,25). The summed E-state index contributed by atoms with van der Waals surface area (Å²) in [6.07, 6.45) is 1.69. The molecule has 1 N–H and O–H groups in total. The summed E-state index contributed by atoms with van der Waals surface area (Å²) in [5.41, 5.74) is 0.690. The van der Waals surface area contributed by atoms with Crippen LogP contribution < -0.4 is 5.32 Å². The minimum absolute atomic E-state index is 0.0109. The molecule has 2 aliphatic rings. The van der Waals surface area contributed by atoms with E-state index in [9.17, 15) is 19.2 Å². The van der Waals surface area contributed by atoms with Crippen LogP contribution in [0.25, 0.3) is 0 Å². The summed E-state index contributed by atoms with van der Waals surface area (Å²) >= 11 is 1.56. The Kier molecular flexibility index (Phi) is 5.44. The third-order valence-corrected chi connectivity index (χ3v) is 6.18. The Morgan fingerprint density at radius 1 is 1.00 bits per heavy atom. The van der Waals surface area contributed by atoms with E-state index in [1.54, 1.807) is 40.5 Å². The van der Waals surface area contributed by atoms with Crippen LogP contribution in [0.15, 0.2) is 41.8 Å². The van der Waals surface area contributed by atoms with E-state index in [1.165, 1.54) is 0 Å². The Hall–Kier alpha value is -3.00. The molecule has 2 aromatic rings. The fraction of sp³-hybridized carbons (Fsp3) is 0.333. The third-order valence-electron chi connectivity index (χ3n) is 5.30. The maximum atomic E-state index is 12.6. The number of hydrogen-bond donors (Lipinski definition) is 1. The molecule has 8 heteroatoms. The molecule has 0 saturated carbocycles. The van der Waals surface area contributed by atoms with Gasteiger partial charge < -0.3 is 10.2 Å². The number of likely N-dealkylation sites (tertiary alicyclic amines) is 1. The molecule has 1 aromatic carbocycles. The lowest BCUT2D eigenvalue weighted by Gasteiger charge is -2.33. The fourth-order valence-corrected chi connectivity index (χ4v) is 4.44. The molecule has 0 radical (unpaired) electrons. The highest BCUT2D eigenvalue weighted by Crippen LogP contribution is 2.22. The van der Waals surface area contributed by atoms with Crippen molar-refractivity contribution in [2.75, 3.05) is 19.6 Å². The van der Waals surface area contributed by atoms with E-state index in [-0.39, 0.29) is 24.4 Å². The van der Waals surface area contributed by atoms with Crippen LogP contribution >= 0.6 is 11.3 Å². The number of nitrogens with zero attached hydrogens (tertiary/aromatic N) is 2. The summed E-state index contributed by atoms with van der Waals surface area (Å²) in [7, 11) is 0. The van der Waals surface area contributed by atoms with Gasteiger partial charge in [0.2, 0.25) is 11.8 Å². The van der Waals surface area contributed by atoms with Gasteiger partial charge in [-0.05, 0) is 36.4 Å². The van der Waals surface area contributed by atoms with Crippen molar-refractivity contribution < 1.29 is 19.2 Å². The molecule has 0 aliphatic carbocycles. The number of thiophene rings is 1. The van der Waals surface area contributed by atoms with E-state index in [1.807, 2.05) is 17.5 Å². The highest BCUT2D eigenvalue weighted by atomic mass is 32.1. The molecule has 1 aromatic heterocycles. The Bertz CT molecular complexity index is 914. The second-order valence-corrected chi connectivity index (χ2v) is 8.25. The predicted molar refractivity (Wildman–Crippen MR) is 108 cm³/mol. The van der Waals surface area contributed by atoms with Crippen molar-refractivity contribution in [3.05, 3.63) is 57.8 Å². The molecule has 150 valence electrons. The lowest BCUT2D eigenvalue weighted by atomic mass is 10.0. The Morgan fingerprint density at radius 2 is 1.66 bits per heavy atom. The van der Waals surface area contributed by atoms with Crippen molar-refractivity contribution in [3.63, 3.8) is 0 Å². The number of fused-ring (bicyclic) bond motifs is 1. The molecule has 0 spiro atoms. The monoisotopic (exact) mass is 411 g/mol. The number of carbonyl (C=O) groups is 4. The first kappa shape index (κ1) is 19.3. The van der Waals surface area contributed by atoms with Gasteiger partial charge in [0.25, 0.3) is 11.8 Å². The molecule has 1 fully saturated rings. The highest BCUT2D eigenvalue weighted by molar-refractivity contribution is 7.10. The highest BCUT2D eigenvalue weighted by Gasteiger charge is 2.37. The first-order valence-electron chi connectivity index (χ1n) is 9.57. The van der Waals surface area contributed by atoms with Crippen LogP contribution in [0.1, 0.15) is 38.4 Å². The zero-order valence-corrected chi connectivity index (χ0v) is 16.6. The van der Waals surface area contributed by atoms with Gasteiger partial charge in [-0.25, -0.2) is 0 Å². The number of rotatable bonds is 5. The molecule has 4 amide bonds. The first-order chi connectivity index (χ1) is 14.0. The predicted octanol–water partition coefficient (Wildman–Crippen LogP) is 1.69. The zero-order chi connectivity index (χ0) is 20.4. The fourth-order valence-electron chi connectivity index (χ4n) is 3.74. The van der Waals surface area contributed by atoms with Crippen molar-refractivity contribution in [2.24, 2.45) is 0 Å². The van der Waals surface area contributed by atoms with Crippen LogP contribution in [0.3, 0.4) is 0 Å². The van der Waals surface area contributed by atoms with Gasteiger partial charge in [0.1, 0.15) is 6.54 Å². The van der Waals surface area contributed by atoms with Crippen molar-refractivity contribution in [2.45, 2.75) is 25.3 Å². The number of piperidine rings is 1. The van der Waals surface area contributed by atoms with Crippen LogP contribution in [0.5, 0.6) is 0 Å². The molecule has 7 nitrogen and oxygen atoms in total. The first-order valence-corrected chi connectivity index (χ1v) is 10.5. The molecule has 0 unspecified atom stereocenters. The molecule has 0 bridgehead atoms. The molecular formula is C21H21N3O4S. The van der Waals surface area contributed by atoms with Crippen molar-refractivity contribution >= 4 is 35.0 Å². The summed E-state index contributed by atoms with van der Waals surface area (Å²) < 4.78 is 0. The van der Waals surface area contributed by atoms with Gasteiger partial charge in [-0.3, -0.25) is 24.1 Å². The summed E-state index contributed by atoms with van der Waals surface area (Å²) in [6.45, 7) is 0.736. The quantitative estimate of drug-likeness (QED) is 0.759. The molecule has 29 heavy (non-hydrogen) atoms. The Balaban J connectivity index is 1.27.